The summed E-state index contributed by atoms with van der Waals surface area (Å²) in [7, 11) is 0. The maximum absolute atomic E-state index is 12.6. The zero-order valence-corrected chi connectivity index (χ0v) is 20.9. The summed E-state index contributed by atoms with van der Waals surface area (Å²) in [5.41, 5.74) is 7.41. The summed E-state index contributed by atoms with van der Waals surface area (Å²) in [5, 5.41) is 2.56. The lowest BCUT2D eigenvalue weighted by molar-refractivity contribution is -0.156. The molecule has 0 aliphatic rings. The predicted molar refractivity (Wildman–Crippen MR) is 130 cm³/mol. The van der Waals surface area contributed by atoms with Gasteiger partial charge in [-0.1, -0.05) is 12.1 Å². The van der Waals surface area contributed by atoms with Crippen LogP contribution in [-0.4, -0.2) is 26.2 Å². The van der Waals surface area contributed by atoms with E-state index >= 15 is 0 Å². The van der Waals surface area contributed by atoms with E-state index in [2.05, 4.69) is 34.1 Å². The molecule has 8 heteroatoms. The lowest BCUT2D eigenvalue weighted by Crippen LogP contribution is -2.36. The number of furan rings is 1. The quantitative estimate of drug-likeness (QED) is 0.314. The Kier molecular flexibility index (Phi) is 7.69. The van der Waals surface area contributed by atoms with Crippen molar-refractivity contribution in [2.24, 2.45) is 0 Å². The number of ether oxygens (including phenoxy) is 1. The van der Waals surface area contributed by atoms with Crippen LogP contribution in [-0.2, 0) is 29.2 Å². The van der Waals surface area contributed by atoms with E-state index in [1.165, 1.54) is 28.7 Å². The Bertz CT molecular complexity index is 1010. The fourth-order valence-electron chi connectivity index (χ4n) is 3.07. The number of rotatable bonds is 9. The second-order valence-corrected chi connectivity index (χ2v) is 11.7. The zero-order valence-electron chi connectivity index (χ0n) is 19.3. The zero-order chi connectivity index (χ0) is 23.4. The van der Waals surface area contributed by atoms with Crippen molar-refractivity contribution in [3.8, 4) is 0 Å². The van der Waals surface area contributed by atoms with E-state index in [0.29, 0.717) is 18.2 Å². The van der Waals surface area contributed by atoms with Crippen molar-refractivity contribution in [2.75, 3.05) is 5.73 Å². The molecule has 32 heavy (non-hydrogen) atoms. The molecular formula is C24H31N3O3S2. The van der Waals surface area contributed by atoms with Gasteiger partial charge in [-0.15, -0.1) is 23.1 Å². The van der Waals surface area contributed by atoms with Crippen LogP contribution in [0.1, 0.15) is 51.6 Å². The van der Waals surface area contributed by atoms with E-state index in [1.807, 2.05) is 52.1 Å². The van der Waals surface area contributed by atoms with Gasteiger partial charge in [0.15, 0.2) is 5.13 Å². The predicted octanol–water partition coefficient (Wildman–Crippen LogP) is 5.73. The summed E-state index contributed by atoms with van der Waals surface area (Å²) in [6, 6.07) is 12.2. The van der Waals surface area contributed by atoms with Crippen LogP contribution in [0, 0.1) is 0 Å². The molecule has 0 fully saturated rings. The highest BCUT2D eigenvalue weighted by molar-refractivity contribution is 8.01. The number of carbonyl (C=O) groups excluding carboxylic acids is 1. The number of carbonyl (C=O) groups is 1. The van der Waals surface area contributed by atoms with Gasteiger partial charge in [-0.25, -0.2) is 4.98 Å². The highest BCUT2D eigenvalue weighted by Gasteiger charge is 2.33. The number of nitrogens with two attached hydrogens (primary N) is 1. The van der Waals surface area contributed by atoms with Gasteiger partial charge in [-0.05, 0) is 64.4 Å². The Balaban J connectivity index is 1.66. The van der Waals surface area contributed by atoms with Gasteiger partial charge < -0.3 is 14.9 Å². The molecule has 0 radical (unpaired) electrons. The molecule has 0 amide bonds. The van der Waals surface area contributed by atoms with Gasteiger partial charge >= 0.3 is 5.97 Å². The lowest BCUT2D eigenvalue weighted by Gasteiger charge is -2.28. The molecule has 2 aromatic heterocycles. The fraction of sp³-hybridized carbons (Fsp3) is 0.417. The summed E-state index contributed by atoms with van der Waals surface area (Å²) in [6.07, 6.45) is 1.69. The van der Waals surface area contributed by atoms with Crippen LogP contribution in [0.2, 0.25) is 0 Å². The number of hydrogen-bond acceptors (Lipinski definition) is 8. The Morgan fingerprint density at radius 3 is 2.41 bits per heavy atom. The van der Waals surface area contributed by atoms with E-state index in [0.717, 1.165) is 22.9 Å². The summed E-state index contributed by atoms with van der Waals surface area (Å²) < 4.78 is 10.4. The van der Waals surface area contributed by atoms with Crippen molar-refractivity contribution < 1.29 is 13.9 Å². The van der Waals surface area contributed by atoms with Crippen LogP contribution in [0.25, 0.3) is 0 Å². The summed E-state index contributed by atoms with van der Waals surface area (Å²) in [4.78, 5) is 20.2. The van der Waals surface area contributed by atoms with Crippen molar-refractivity contribution in [1.82, 2.24) is 9.88 Å². The molecule has 0 aliphatic carbocycles. The Morgan fingerprint density at radius 1 is 1.12 bits per heavy atom. The first-order valence-electron chi connectivity index (χ1n) is 10.5. The van der Waals surface area contributed by atoms with Gasteiger partial charge in [0, 0.05) is 23.4 Å². The van der Waals surface area contributed by atoms with Crippen molar-refractivity contribution in [3.63, 3.8) is 0 Å². The molecule has 0 aliphatic heterocycles. The third-order valence-electron chi connectivity index (χ3n) is 4.51. The Labute approximate surface area is 198 Å². The number of nitrogen functional groups attached to an aromatic ring is 1. The van der Waals surface area contributed by atoms with E-state index in [1.54, 1.807) is 6.26 Å². The fourth-order valence-corrected chi connectivity index (χ4v) is 4.61. The second kappa shape index (κ2) is 10.1. The van der Waals surface area contributed by atoms with Crippen molar-refractivity contribution in [3.05, 3.63) is 65.1 Å². The van der Waals surface area contributed by atoms with Crippen LogP contribution in [0.5, 0.6) is 0 Å². The minimum Gasteiger partial charge on any atom is -0.468 e. The van der Waals surface area contributed by atoms with Gasteiger partial charge in [0.25, 0.3) is 0 Å². The van der Waals surface area contributed by atoms with Crippen LogP contribution in [0.15, 0.2) is 57.4 Å². The number of hydrogen-bond donors (Lipinski definition) is 1. The highest BCUT2D eigenvalue weighted by Crippen LogP contribution is 2.34. The first kappa shape index (κ1) is 24.4. The van der Waals surface area contributed by atoms with Crippen molar-refractivity contribution in [1.29, 1.82) is 0 Å². The van der Waals surface area contributed by atoms with Crippen LogP contribution in [0.4, 0.5) is 5.13 Å². The number of benzene rings is 1. The maximum Gasteiger partial charge on any atom is 0.322 e. The monoisotopic (exact) mass is 473 g/mol. The molecule has 172 valence electrons. The molecule has 2 heterocycles. The second-order valence-electron chi connectivity index (χ2n) is 9.16. The number of aromatic nitrogens is 1. The summed E-state index contributed by atoms with van der Waals surface area (Å²) in [5.74, 6) is 0.686. The number of esters is 1. The van der Waals surface area contributed by atoms with Gasteiger partial charge in [0.1, 0.15) is 16.1 Å². The van der Waals surface area contributed by atoms with E-state index in [9.17, 15) is 4.79 Å². The molecule has 3 aromatic rings. The average Bonchev–Trinajstić information content (AvgIpc) is 3.33. The molecule has 0 saturated heterocycles. The van der Waals surface area contributed by atoms with Crippen molar-refractivity contribution in [2.45, 2.75) is 69.5 Å². The van der Waals surface area contributed by atoms with E-state index < -0.39 is 10.3 Å². The Morgan fingerprint density at radius 2 is 1.84 bits per heavy atom. The number of thioether (sulfide) groups is 1. The normalized spacial score (nSPS) is 12.3. The highest BCUT2D eigenvalue weighted by atomic mass is 32.2. The largest absolute Gasteiger partial charge is 0.468 e. The molecule has 0 atom stereocenters. The molecule has 6 nitrogen and oxygen atoms in total. The molecule has 0 saturated carbocycles. The molecule has 2 N–H and O–H groups in total. The van der Waals surface area contributed by atoms with Gasteiger partial charge in [0.05, 0.1) is 18.5 Å². The van der Waals surface area contributed by atoms with Gasteiger partial charge in [0.2, 0.25) is 0 Å². The minimum atomic E-state index is -0.676. The van der Waals surface area contributed by atoms with Crippen LogP contribution >= 0.6 is 23.1 Å². The molecule has 0 bridgehead atoms. The minimum absolute atomic E-state index is 0.216. The third kappa shape index (κ3) is 7.39. The number of nitrogens with zero attached hydrogens (tertiary/aromatic N) is 2. The first-order valence-corrected chi connectivity index (χ1v) is 12.2. The van der Waals surface area contributed by atoms with Gasteiger partial charge in [-0.3, -0.25) is 9.69 Å². The molecule has 0 spiro atoms. The summed E-state index contributed by atoms with van der Waals surface area (Å²) in [6.45, 7) is 11.5. The molecular weight excluding hydrogens is 442 g/mol. The third-order valence-corrected chi connectivity index (χ3v) is 6.42. The van der Waals surface area contributed by atoms with Gasteiger partial charge in [-0.2, -0.15) is 0 Å². The number of anilines is 1. The van der Waals surface area contributed by atoms with E-state index in [4.69, 9.17) is 14.9 Å². The molecule has 1 aromatic carbocycles. The summed E-state index contributed by atoms with van der Waals surface area (Å²) >= 11 is 2.96. The molecule has 0 unspecified atom stereocenters. The SMILES string of the molecule is CC(C)(C)OC(=O)C(C)(C)Sc1ccc(CN(Cc2csc(N)n2)Cc2ccco2)cc1. The van der Waals surface area contributed by atoms with Crippen LogP contribution in [0.3, 0.4) is 0 Å². The topological polar surface area (TPSA) is 81.6 Å². The number of thiazole rings is 1. The smallest absolute Gasteiger partial charge is 0.322 e. The van der Waals surface area contributed by atoms with Crippen LogP contribution < -0.4 is 5.73 Å². The first-order chi connectivity index (χ1) is 15.0. The Hall–Kier alpha value is -2.29. The van der Waals surface area contributed by atoms with Crippen molar-refractivity contribution >= 4 is 34.2 Å². The maximum atomic E-state index is 12.6. The molecule has 3 rings (SSSR count). The lowest BCUT2D eigenvalue weighted by atomic mass is 10.1. The van der Waals surface area contributed by atoms with E-state index in [-0.39, 0.29) is 5.97 Å². The standard InChI is InChI=1S/C24H31N3O3S2/c1-23(2,3)30-21(28)24(4,5)32-20-10-8-17(9-11-20)13-27(15-19-7-6-12-29-19)14-18-16-31-22(25)26-18/h6-12,16H,13-15H2,1-5H3,(H2,25,26). The average molecular weight is 474 g/mol.